The third-order valence-corrected chi connectivity index (χ3v) is 5.78. The van der Waals surface area contributed by atoms with E-state index in [0.717, 1.165) is 26.5 Å². The summed E-state index contributed by atoms with van der Waals surface area (Å²) in [5.74, 6) is 1.28. The highest BCUT2D eigenvalue weighted by molar-refractivity contribution is 9.10. The lowest BCUT2D eigenvalue weighted by Gasteiger charge is -2.17. The number of methoxy groups -OCH3 is 1. The summed E-state index contributed by atoms with van der Waals surface area (Å²) >= 11 is 3.46. The molecule has 6 nitrogen and oxygen atoms in total. The Balaban J connectivity index is 1.48. The van der Waals surface area contributed by atoms with Crippen LogP contribution >= 0.6 is 15.9 Å². The average molecular weight is 495 g/mol. The standard InChI is InChI=1S/C25H23BrN2O4/c1-15-20-13-19(26)5-7-21(20)32-24(15)25(29)28-16(2)18-4-6-22(23(12-18)30-3)31-14-17-8-10-27-11-9-17/h4-13,16H,14H2,1-3H3,(H,28,29). The van der Waals surface area contributed by atoms with Crippen molar-refractivity contribution >= 4 is 32.8 Å². The quantitative estimate of drug-likeness (QED) is 0.342. The first-order valence-corrected chi connectivity index (χ1v) is 10.9. The lowest BCUT2D eigenvalue weighted by atomic mass is 10.1. The van der Waals surface area contributed by atoms with Crippen LogP contribution in [0, 0.1) is 6.92 Å². The predicted molar refractivity (Wildman–Crippen MR) is 126 cm³/mol. The summed E-state index contributed by atoms with van der Waals surface area (Å²) < 4.78 is 18.2. The van der Waals surface area contributed by atoms with Gasteiger partial charge in [0.15, 0.2) is 17.3 Å². The van der Waals surface area contributed by atoms with Crippen LogP contribution in [0.5, 0.6) is 11.5 Å². The van der Waals surface area contributed by atoms with Gasteiger partial charge in [0, 0.05) is 27.8 Å². The van der Waals surface area contributed by atoms with Gasteiger partial charge in [0.1, 0.15) is 12.2 Å². The minimum absolute atomic E-state index is 0.259. The molecule has 0 radical (unpaired) electrons. The lowest BCUT2D eigenvalue weighted by molar-refractivity contribution is 0.0913. The number of aromatic nitrogens is 1. The van der Waals surface area contributed by atoms with Crippen LogP contribution in [0.2, 0.25) is 0 Å². The summed E-state index contributed by atoms with van der Waals surface area (Å²) in [5.41, 5.74) is 3.40. The first kappa shape index (κ1) is 21.9. The van der Waals surface area contributed by atoms with Gasteiger partial charge in [-0.3, -0.25) is 9.78 Å². The maximum Gasteiger partial charge on any atom is 0.287 e. The molecular weight excluding hydrogens is 472 g/mol. The second-order valence-corrected chi connectivity index (χ2v) is 8.36. The van der Waals surface area contributed by atoms with E-state index in [1.54, 1.807) is 19.5 Å². The zero-order valence-corrected chi connectivity index (χ0v) is 19.6. The Hall–Kier alpha value is -3.32. The number of hydrogen-bond donors (Lipinski definition) is 1. The Morgan fingerprint density at radius 1 is 1.12 bits per heavy atom. The van der Waals surface area contributed by atoms with Crippen LogP contribution in [-0.2, 0) is 6.61 Å². The van der Waals surface area contributed by atoms with Crippen molar-refractivity contribution in [1.29, 1.82) is 0 Å². The number of hydrogen-bond acceptors (Lipinski definition) is 5. The molecule has 164 valence electrons. The number of ether oxygens (including phenoxy) is 2. The van der Waals surface area contributed by atoms with Crippen molar-refractivity contribution in [3.63, 3.8) is 0 Å². The normalized spacial score (nSPS) is 11.9. The number of aryl methyl sites for hydroxylation is 1. The zero-order valence-electron chi connectivity index (χ0n) is 18.0. The Morgan fingerprint density at radius 3 is 2.66 bits per heavy atom. The van der Waals surface area contributed by atoms with Crippen LogP contribution in [-0.4, -0.2) is 18.0 Å². The fourth-order valence-electron chi connectivity index (χ4n) is 3.47. The third kappa shape index (κ3) is 4.62. The molecule has 2 heterocycles. The number of halogens is 1. The molecule has 1 unspecified atom stereocenters. The summed E-state index contributed by atoms with van der Waals surface area (Å²) in [6.45, 7) is 4.21. The maximum atomic E-state index is 12.9. The number of benzene rings is 2. The molecule has 4 rings (SSSR count). The molecule has 0 fully saturated rings. The van der Waals surface area contributed by atoms with Gasteiger partial charge in [0.2, 0.25) is 0 Å². The molecule has 2 aromatic heterocycles. The molecule has 7 heteroatoms. The second-order valence-electron chi connectivity index (χ2n) is 7.45. The monoisotopic (exact) mass is 494 g/mol. The molecule has 1 N–H and O–H groups in total. The van der Waals surface area contributed by atoms with Crippen LogP contribution < -0.4 is 14.8 Å². The van der Waals surface area contributed by atoms with Crippen LogP contribution in [0.3, 0.4) is 0 Å². The molecule has 0 spiro atoms. The zero-order chi connectivity index (χ0) is 22.7. The highest BCUT2D eigenvalue weighted by atomic mass is 79.9. The molecule has 2 aromatic carbocycles. The summed E-state index contributed by atoms with van der Waals surface area (Å²) in [5, 5.41) is 3.92. The Bertz CT molecular complexity index is 1250. The van der Waals surface area contributed by atoms with Gasteiger partial charge in [-0.25, -0.2) is 0 Å². The summed E-state index contributed by atoms with van der Waals surface area (Å²) in [6, 6.07) is 14.9. The molecule has 0 aliphatic heterocycles. The number of amides is 1. The van der Waals surface area contributed by atoms with Gasteiger partial charge in [0.05, 0.1) is 13.2 Å². The molecule has 0 bridgehead atoms. The predicted octanol–water partition coefficient (Wildman–Crippen LogP) is 5.98. The summed E-state index contributed by atoms with van der Waals surface area (Å²) in [6.07, 6.45) is 3.46. The maximum absolute atomic E-state index is 12.9. The van der Waals surface area contributed by atoms with Gasteiger partial charge in [-0.1, -0.05) is 22.0 Å². The molecule has 0 saturated heterocycles. The molecule has 0 aliphatic rings. The smallest absolute Gasteiger partial charge is 0.287 e. The number of carbonyl (C=O) groups is 1. The number of pyridine rings is 1. The Labute approximate surface area is 194 Å². The highest BCUT2D eigenvalue weighted by Gasteiger charge is 2.20. The van der Waals surface area contributed by atoms with E-state index in [-0.39, 0.29) is 11.9 Å². The fraction of sp³-hybridized carbons (Fsp3) is 0.200. The van der Waals surface area contributed by atoms with Crippen LogP contribution in [0.15, 0.2) is 69.8 Å². The van der Waals surface area contributed by atoms with Gasteiger partial charge in [0.25, 0.3) is 5.91 Å². The molecule has 1 amide bonds. The Kier molecular flexibility index (Phi) is 6.46. The lowest BCUT2D eigenvalue weighted by Crippen LogP contribution is -2.26. The number of nitrogens with zero attached hydrogens (tertiary/aromatic N) is 1. The molecule has 1 atom stereocenters. The molecule has 32 heavy (non-hydrogen) atoms. The first-order chi connectivity index (χ1) is 15.5. The topological polar surface area (TPSA) is 73.6 Å². The van der Waals surface area contributed by atoms with E-state index in [1.807, 2.05) is 62.4 Å². The molecule has 0 aliphatic carbocycles. The van der Waals surface area contributed by atoms with Gasteiger partial charge in [-0.15, -0.1) is 0 Å². The van der Waals surface area contributed by atoms with Gasteiger partial charge < -0.3 is 19.2 Å². The molecule has 0 saturated carbocycles. The number of furan rings is 1. The number of nitrogens with one attached hydrogen (secondary N) is 1. The van der Waals surface area contributed by atoms with Crippen LogP contribution in [0.4, 0.5) is 0 Å². The third-order valence-electron chi connectivity index (χ3n) is 5.28. The summed E-state index contributed by atoms with van der Waals surface area (Å²) in [4.78, 5) is 16.9. The molecule has 4 aromatic rings. The largest absolute Gasteiger partial charge is 0.493 e. The van der Waals surface area contributed by atoms with E-state index in [2.05, 4.69) is 26.2 Å². The first-order valence-electron chi connectivity index (χ1n) is 10.2. The SMILES string of the molecule is COc1cc(C(C)NC(=O)c2oc3ccc(Br)cc3c2C)ccc1OCc1ccncc1. The molecular formula is C25H23BrN2O4. The van der Waals surface area contributed by atoms with Crippen molar-refractivity contribution in [2.45, 2.75) is 26.5 Å². The van der Waals surface area contributed by atoms with E-state index in [9.17, 15) is 4.79 Å². The second kappa shape index (κ2) is 9.44. The van der Waals surface area contributed by atoms with Crippen molar-refractivity contribution in [2.24, 2.45) is 0 Å². The van der Waals surface area contributed by atoms with E-state index < -0.39 is 0 Å². The van der Waals surface area contributed by atoms with Gasteiger partial charge >= 0.3 is 0 Å². The van der Waals surface area contributed by atoms with Crippen LogP contribution in [0.25, 0.3) is 11.0 Å². The van der Waals surface area contributed by atoms with E-state index in [0.29, 0.717) is 29.4 Å². The number of fused-ring (bicyclic) bond motifs is 1. The van der Waals surface area contributed by atoms with Crippen molar-refractivity contribution in [2.75, 3.05) is 7.11 Å². The highest BCUT2D eigenvalue weighted by Crippen LogP contribution is 2.32. The van der Waals surface area contributed by atoms with Crippen molar-refractivity contribution < 1.29 is 18.7 Å². The minimum atomic E-state index is -0.265. The van der Waals surface area contributed by atoms with Gasteiger partial charge in [-0.05, 0) is 67.4 Å². The van der Waals surface area contributed by atoms with Gasteiger partial charge in [-0.2, -0.15) is 0 Å². The van der Waals surface area contributed by atoms with E-state index in [1.165, 1.54) is 0 Å². The summed E-state index contributed by atoms with van der Waals surface area (Å²) in [7, 11) is 1.59. The average Bonchev–Trinajstić information content (AvgIpc) is 3.14. The van der Waals surface area contributed by atoms with Crippen molar-refractivity contribution in [3.8, 4) is 11.5 Å². The Morgan fingerprint density at radius 2 is 1.91 bits per heavy atom. The van der Waals surface area contributed by atoms with Crippen molar-refractivity contribution in [1.82, 2.24) is 10.3 Å². The van der Waals surface area contributed by atoms with Crippen LogP contribution in [0.1, 0.15) is 40.2 Å². The minimum Gasteiger partial charge on any atom is -0.493 e. The fourth-order valence-corrected chi connectivity index (χ4v) is 3.83. The number of carbonyl (C=O) groups excluding carboxylic acids is 1. The van der Waals surface area contributed by atoms with E-state index >= 15 is 0 Å². The van der Waals surface area contributed by atoms with Crippen molar-refractivity contribution in [3.05, 3.63) is 87.8 Å². The van der Waals surface area contributed by atoms with E-state index in [4.69, 9.17) is 13.9 Å². The number of rotatable bonds is 7.